The van der Waals surface area contributed by atoms with Crippen LogP contribution in [-0.4, -0.2) is 11.2 Å². The minimum atomic E-state index is -0.362. The summed E-state index contributed by atoms with van der Waals surface area (Å²) in [6.45, 7) is 1.75. The molecule has 0 heterocycles. The van der Waals surface area contributed by atoms with Gasteiger partial charge in [0.15, 0.2) is 0 Å². The lowest BCUT2D eigenvalue weighted by molar-refractivity contribution is -0.385. The van der Waals surface area contributed by atoms with Crippen LogP contribution in [0, 0.1) is 17.0 Å². The van der Waals surface area contributed by atoms with Crippen molar-refractivity contribution in [1.82, 2.24) is 0 Å². The van der Waals surface area contributed by atoms with E-state index in [4.69, 9.17) is 0 Å². The van der Waals surface area contributed by atoms with E-state index in [2.05, 4.69) is 0 Å². The number of rotatable bonds is 2. The van der Waals surface area contributed by atoms with E-state index in [1.165, 1.54) is 0 Å². The Balaban J connectivity index is 3.12. The highest BCUT2D eigenvalue weighted by molar-refractivity contribution is 7.98. The Morgan fingerprint density at radius 1 is 1.50 bits per heavy atom. The van der Waals surface area contributed by atoms with E-state index in [0.717, 1.165) is 4.90 Å². The van der Waals surface area contributed by atoms with Crippen molar-refractivity contribution in [2.45, 2.75) is 11.8 Å². The third-order valence-corrected chi connectivity index (χ3v) is 2.33. The molecule has 0 fully saturated rings. The molecular weight excluding hydrogens is 174 g/mol. The van der Waals surface area contributed by atoms with Gasteiger partial charge >= 0.3 is 0 Å². The van der Waals surface area contributed by atoms with Gasteiger partial charge in [-0.05, 0) is 25.3 Å². The molecule has 1 rings (SSSR count). The van der Waals surface area contributed by atoms with E-state index in [1.807, 2.05) is 12.3 Å². The number of benzene rings is 1. The normalized spacial score (nSPS) is 9.83. The molecule has 0 N–H and O–H groups in total. The molecule has 3 nitrogen and oxygen atoms in total. The molecule has 0 spiro atoms. The molecule has 0 aliphatic rings. The smallest absolute Gasteiger partial charge is 0.258 e. The Morgan fingerprint density at radius 3 is 2.58 bits per heavy atom. The van der Waals surface area contributed by atoms with Crippen molar-refractivity contribution in [3.63, 3.8) is 0 Å². The molecular formula is C8H9NO2S. The summed E-state index contributed by atoms with van der Waals surface area (Å²) in [5, 5.41) is 10.4. The van der Waals surface area contributed by atoms with Crippen molar-refractivity contribution in [3.8, 4) is 0 Å². The minimum Gasteiger partial charge on any atom is -0.258 e. The maximum absolute atomic E-state index is 10.4. The van der Waals surface area contributed by atoms with E-state index in [1.54, 1.807) is 30.8 Å². The van der Waals surface area contributed by atoms with Gasteiger partial charge < -0.3 is 0 Å². The first-order valence-electron chi connectivity index (χ1n) is 3.44. The summed E-state index contributed by atoms with van der Waals surface area (Å²) >= 11 is 1.58. The largest absolute Gasteiger partial charge is 0.272 e. The fraction of sp³-hybridized carbons (Fsp3) is 0.250. The first-order chi connectivity index (χ1) is 5.65. The van der Waals surface area contributed by atoms with Crippen molar-refractivity contribution >= 4 is 17.4 Å². The fourth-order valence-electron chi connectivity index (χ4n) is 0.960. The average molecular weight is 183 g/mol. The number of thioether (sulfide) groups is 1. The van der Waals surface area contributed by atoms with Crippen LogP contribution in [0.1, 0.15) is 5.56 Å². The van der Waals surface area contributed by atoms with Crippen LogP contribution in [0.2, 0.25) is 0 Å². The van der Waals surface area contributed by atoms with Crippen LogP contribution < -0.4 is 0 Å². The number of nitro benzene ring substituents is 1. The van der Waals surface area contributed by atoms with Gasteiger partial charge in [-0.25, -0.2) is 0 Å². The van der Waals surface area contributed by atoms with Crippen LogP contribution in [-0.2, 0) is 0 Å². The molecule has 1 aromatic rings. The van der Waals surface area contributed by atoms with Gasteiger partial charge in [-0.3, -0.25) is 10.1 Å². The monoisotopic (exact) mass is 183 g/mol. The summed E-state index contributed by atoms with van der Waals surface area (Å²) in [6.07, 6.45) is 1.95. The maximum atomic E-state index is 10.4. The molecule has 0 atom stereocenters. The van der Waals surface area contributed by atoms with Gasteiger partial charge in [0.05, 0.1) is 4.92 Å². The van der Waals surface area contributed by atoms with Crippen molar-refractivity contribution < 1.29 is 4.92 Å². The van der Waals surface area contributed by atoms with Gasteiger partial charge in [-0.15, -0.1) is 11.8 Å². The van der Waals surface area contributed by atoms with Crippen LogP contribution in [0.15, 0.2) is 23.1 Å². The molecule has 0 radical (unpaired) electrons. The fourth-order valence-corrected chi connectivity index (χ4v) is 1.46. The van der Waals surface area contributed by atoms with Crippen LogP contribution in [0.3, 0.4) is 0 Å². The van der Waals surface area contributed by atoms with Crippen LogP contribution in [0.5, 0.6) is 0 Å². The van der Waals surface area contributed by atoms with E-state index in [9.17, 15) is 10.1 Å². The van der Waals surface area contributed by atoms with Gasteiger partial charge in [0, 0.05) is 16.5 Å². The van der Waals surface area contributed by atoms with Crippen LogP contribution >= 0.6 is 11.8 Å². The molecule has 0 aliphatic carbocycles. The summed E-state index contributed by atoms with van der Waals surface area (Å²) in [5.74, 6) is 0. The number of aryl methyl sites for hydroxylation is 1. The summed E-state index contributed by atoms with van der Waals surface area (Å²) in [4.78, 5) is 11.1. The molecule has 0 aliphatic heterocycles. The molecule has 1 aromatic carbocycles. The third-order valence-electron chi connectivity index (χ3n) is 1.60. The van der Waals surface area contributed by atoms with Crippen molar-refractivity contribution in [3.05, 3.63) is 33.9 Å². The molecule has 0 saturated heterocycles. The number of hydrogen-bond donors (Lipinski definition) is 0. The minimum absolute atomic E-state index is 0.188. The van der Waals surface area contributed by atoms with Gasteiger partial charge in [-0.2, -0.15) is 0 Å². The summed E-state index contributed by atoms with van der Waals surface area (Å²) in [5.41, 5.74) is 0.902. The van der Waals surface area contributed by atoms with Crippen molar-refractivity contribution in [2.24, 2.45) is 0 Å². The highest BCUT2D eigenvalue weighted by Crippen LogP contribution is 2.23. The Hall–Kier alpha value is -1.03. The average Bonchev–Trinajstić information content (AvgIpc) is 2.03. The lowest BCUT2D eigenvalue weighted by atomic mass is 10.2. The van der Waals surface area contributed by atoms with Crippen LogP contribution in [0.4, 0.5) is 5.69 Å². The SMILES string of the molecule is CSc1ccc([N+](=O)[O-])c(C)c1. The zero-order valence-electron chi connectivity index (χ0n) is 6.90. The highest BCUT2D eigenvalue weighted by atomic mass is 32.2. The molecule has 4 heteroatoms. The van der Waals surface area contributed by atoms with E-state index in [0.29, 0.717) is 5.56 Å². The lowest BCUT2D eigenvalue weighted by Crippen LogP contribution is -1.90. The molecule has 0 unspecified atom stereocenters. The zero-order chi connectivity index (χ0) is 9.14. The summed E-state index contributed by atoms with van der Waals surface area (Å²) in [7, 11) is 0. The Labute approximate surface area is 74.9 Å². The van der Waals surface area contributed by atoms with E-state index < -0.39 is 0 Å². The maximum Gasteiger partial charge on any atom is 0.272 e. The van der Waals surface area contributed by atoms with Gasteiger partial charge in [0.25, 0.3) is 5.69 Å². The molecule has 64 valence electrons. The second-order valence-electron chi connectivity index (χ2n) is 2.41. The van der Waals surface area contributed by atoms with Gasteiger partial charge in [-0.1, -0.05) is 0 Å². The molecule has 12 heavy (non-hydrogen) atoms. The van der Waals surface area contributed by atoms with Gasteiger partial charge in [0.2, 0.25) is 0 Å². The predicted octanol–water partition coefficient (Wildman–Crippen LogP) is 2.63. The quantitative estimate of drug-likeness (QED) is 0.402. The van der Waals surface area contributed by atoms with Crippen molar-refractivity contribution in [2.75, 3.05) is 6.26 Å². The summed E-state index contributed by atoms with van der Waals surface area (Å²) in [6, 6.07) is 5.12. The number of nitrogens with zero attached hydrogens (tertiary/aromatic N) is 1. The molecule has 0 bridgehead atoms. The van der Waals surface area contributed by atoms with E-state index in [-0.39, 0.29) is 10.6 Å². The summed E-state index contributed by atoms with van der Waals surface area (Å²) < 4.78 is 0. The predicted molar refractivity (Wildman–Crippen MR) is 49.6 cm³/mol. The first-order valence-corrected chi connectivity index (χ1v) is 4.66. The third kappa shape index (κ3) is 1.76. The standard InChI is InChI=1S/C8H9NO2S/c1-6-5-7(12-2)3-4-8(6)9(10)11/h3-5H,1-2H3. The Bertz CT molecular complexity index is 312. The first kappa shape index (κ1) is 9.06. The second kappa shape index (κ2) is 3.58. The van der Waals surface area contributed by atoms with Crippen molar-refractivity contribution in [1.29, 1.82) is 0 Å². The van der Waals surface area contributed by atoms with Gasteiger partial charge in [0.1, 0.15) is 0 Å². The lowest BCUT2D eigenvalue weighted by Gasteiger charge is -1.98. The Morgan fingerprint density at radius 2 is 2.17 bits per heavy atom. The van der Waals surface area contributed by atoms with Crippen LogP contribution in [0.25, 0.3) is 0 Å². The number of nitro groups is 1. The molecule has 0 amide bonds. The molecule has 0 saturated carbocycles. The molecule has 0 aromatic heterocycles. The van der Waals surface area contributed by atoms with E-state index >= 15 is 0 Å². The Kier molecular flexibility index (Phi) is 2.70. The second-order valence-corrected chi connectivity index (χ2v) is 3.29. The highest BCUT2D eigenvalue weighted by Gasteiger charge is 2.08. The number of hydrogen-bond acceptors (Lipinski definition) is 3. The topological polar surface area (TPSA) is 43.1 Å². The zero-order valence-corrected chi connectivity index (χ0v) is 7.72.